The van der Waals surface area contributed by atoms with Crippen molar-refractivity contribution in [2.24, 2.45) is 0 Å². The number of nitrogens with zero attached hydrogens (tertiary/aromatic N) is 4. The summed E-state index contributed by atoms with van der Waals surface area (Å²) in [5.74, 6) is 0.910. The van der Waals surface area contributed by atoms with E-state index in [0.29, 0.717) is 5.56 Å². The van der Waals surface area contributed by atoms with E-state index in [9.17, 15) is 0 Å². The molecule has 1 fully saturated rings. The molecule has 0 radical (unpaired) electrons. The van der Waals surface area contributed by atoms with Crippen molar-refractivity contribution in [3.05, 3.63) is 23.8 Å². The van der Waals surface area contributed by atoms with E-state index in [-0.39, 0.29) is 0 Å². The lowest BCUT2D eigenvalue weighted by atomic mass is 10.2. The lowest BCUT2D eigenvalue weighted by Gasteiger charge is -2.32. The molecule has 0 aliphatic carbocycles. The van der Waals surface area contributed by atoms with E-state index in [0.717, 1.165) is 43.2 Å². The average Bonchev–Trinajstić information content (AvgIpc) is 2.82. The van der Waals surface area contributed by atoms with E-state index in [1.165, 1.54) is 0 Å². The smallest absolute Gasteiger partial charge is 0.203 e. The number of hydrogen-bond donors (Lipinski definition) is 1. The molecule has 1 aromatic heterocycles. The van der Waals surface area contributed by atoms with Crippen LogP contribution in [0.5, 0.6) is 0 Å². The molecule has 1 saturated heterocycles. The lowest BCUT2D eigenvalue weighted by Crippen LogP contribution is -2.44. The highest BCUT2D eigenvalue weighted by atomic mass is 15.3. The van der Waals surface area contributed by atoms with Crippen LogP contribution in [0.25, 0.3) is 11.0 Å². The predicted molar refractivity (Wildman–Crippen MR) is 70.5 cm³/mol. The van der Waals surface area contributed by atoms with Gasteiger partial charge in [0, 0.05) is 26.2 Å². The molecule has 5 heteroatoms. The number of anilines is 1. The molecule has 2 heterocycles. The largest absolute Gasteiger partial charge is 0.340 e. The second-order valence-electron chi connectivity index (χ2n) is 4.69. The Kier molecular flexibility index (Phi) is 2.65. The number of rotatable bonds is 1. The molecule has 5 nitrogen and oxygen atoms in total. The summed E-state index contributed by atoms with van der Waals surface area (Å²) in [5, 5.41) is 8.88. The van der Waals surface area contributed by atoms with Crippen molar-refractivity contribution in [1.29, 1.82) is 5.26 Å². The Hall–Kier alpha value is -2.06. The van der Waals surface area contributed by atoms with Crippen molar-refractivity contribution < 1.29 is 0 Å². The van der Waals surface area contributed by atoms with E-state index in [1.807, 2.05) is 12.1 Å². The first-order valence-electron chi connectivity index (χ1n) is 6.09. The number of H-pyrrole nitrogens is 1. The first-order chi connectivity index (χ1) is 8.76. The van der Waals surface area contributed by atoms with Crippen LogP contribution in [-0.2, 0) is 0 Å². The van der Waals surface area contributed by atoms with Gasteiger partial charge in [-0.25, -0.2) is 4.98 Å². The third-order valence-corrected chi connectivity index (χ3v) is 3.40. The van der Waals surface area contributed by atoms with Gasteiger partial charge in [0.25, 0.3) is 0 Å². The number of aromatic amines is 1. The molecule has 1 aromatic carbocycles. The molecule has 0 atom stereocenters. The molecule has 1 aliphatic heterocycles. The van der Waals surface area contributed by atoms with Gasteiger partial charge in [-0.3, -0.25) is 0 Å². The van der Waals surface area contributed by atoms with Gasteiger partial charge >= 0.3 is 0 Å². The fourth-order valence-corrected chi connectivity index (χ4v) is 2.23. The molecule has 2 aromatic rings. The maximum absolute atomic E-state index is 8.88. The van der Waals surface area contributed by atoms with Crippen molar-refractivity contribution in [2.75, 3.05) is 38.1 Å². The Labute approximate surface area is 106 Å². The molecular weight excluding hydrogens is 226 g/mol. The quantitative estimate of drug-likeness (QED) is 0.814. The van der Waals surface area contributed by atoms with Gasteiger partial charge in [-0.15, -0.1) is 0 Å². The lowest BCUT2D eigenvalue weighted by molar-refractivity contribution is 0.311. The topological polar surface area (TPSA) is 58.9 Å². The van der Waals surface area contributed by atoms with Crippen LogP contribution in [0, 0.1) is 11.3 Å². The first kappa shape index (κ1) is 11.1. The van der Waals surface area contributed by atoms with Crippen LogP contribution in [0.2, 0.25) is 0 Å². The van der Waals surface area contributed by atoms with Crippen molar-refractivity contribution in [3.8, 4) is 6.07 Å². The maximum Gasteiger partial charge on any atom is 0.203 e. The van der Waals surface area contributed by atoms with Crippen LogP contribution >= 0.6 is 0 Å². The number of imidazole rings is 1. The molecule has 18 heavy (non-hydrogen) atoms. The summed E-state index contributed by atoms with van der Waals surface area (Å²) in [4.78, 5) is 12.4. The molecule has 1 N–H and O–H groups in total. The summed E-state index contributed by atoms with van der Waals surface area (Å²) < 4.78 is 0. The fourth-order valence-electron chi connectivity index (χ4n) is 2.23. The first-order valence-corrected chi connectivity index (χ1v) is 6.09. The Bertz CT molecular complexity index is 601. The molecule has 0 amide bonds. The van der Waals surface area contributed by atoms with Gasteiger partial charge in [-0.2, -0.15) is 5.26 Å². The zero-order chi connectivity index (χ0) is 12.5. The number of benzene rings is 1. The third-order valence-electron chi connectivity index (χ3n) is 3.40. The van der Waals surface area contributed by atoms with Crippen LogP contribution < -0.4 is 4.90 Å². The second-order valence-corrected chi connectivity index (χ2v) is 4.69. The minimum atomic E-state index is 0.663. The summed E-state index contributed by atoms with van der Waals surface area (Å²) in [6.45, 7) is 4.09. The van der Waals surface area contributed by atoms with Crippen LogP contribution in [0.1, 0.15) is 5.56 Å². The Morgan fingerprint density at radius 2 is 2.06 bits per heavy atom. The van der Waals surface area contributed by atoms with Gasteiger partial charge in [0.15, 0.2) is 0 Å². The normalized spacial score (nSPS) is 17.0. The standard InChI is InChI=1S/C13H15N5/c1-17-4-6-18(7-5-17)13-15-11-3-2-10(9-14)8-12(11)16-13/h2-3,8H,4-7H2,1H3,(H,15,16). The zero-order valence-corrected chi connectivity index (χ0v) is 10.3. The maximum atomic E-state index is 8.88. The molecule has 92 valence electrons. The minimum Gasteiger partial charge on any atom is -0.340 e. The van der Waals surface area contributed by atoms with Crippen LogP contribution in [-0.4, -0.2) is 48.1 Å². The SMILES string of the molecule is CN1CCN(c2nc3ccc(C#N)cc3[nH]2)CC1. The number of hydrogen-bond acceptors (Lipinski definition) is 4. The van der Waals surface area contributed by atoms with Gasteiger partial charge < -0.3 is 14.8 Å². The molecule has 1 aliphatic rings. The number of aromatic nitrogens is 2. The molecule has 0 bridgehead atoms. The van der Waals surface area contributed by atoms with E-state index in [4.69, 9.17) is 5.26 Å². The van der Waals surface area contributed by atoms with Crippen LogP contribution in [0.3, 0.4) is 0 Å². The predicted octanol–water partition coefficient (Wildman–Crippen LogP) is 1.19. The third kappa shape index (κ3) is 1.91. The minimum absolute atomic E-state index is 0.663. The molecule has 0 unspecified atom stereocenters. The summed E-state index contributed by atoms with van der Waals surface area (Å²) in [6, 6.07) is 7.69. The van der Waals surface area contributed by atoms with Gasteiger partial charge in [0.1, 0.15) is 0 Å². The average molecular weight is 241 g/mol. The van der Waals surface area contributed by atoms with Crippen molar-refractivity contribution >= 4 is 17.0 Å². The summed E-state index contributed by atoms with van der Waals surface area (Å²) in [6.07, 6.45) is 0. The number of fused-ring (bicyclic) bond motifs is 1. The molecule has 0 saturated carbocycles. The molecular formula is C13H15N5. The van der Waals surface area contributed by atoms with E-state index in [2.05, 4.69) is 32.9 Å². The number of likely N-dealkylation sites (N-methyl/N-ethyl adjacent to an activating group) is 1. The van der Waals surface area contributed by atoms with Crippen molar-refractivity contribution in [2.45, 2.75) is 0 Å². The highest BCUT2D eigenvalue weighted by molar-refractivity contribution is 5.79. The zero-order valence-electron chi connectivity index (χ0n) is 10.3. The Morgan fingerprint density at radius 3 is 2.78 bits per heavy atom. The van der Waals surface area contributed by atoms with Crippen LogP contribution in [0.15, 0.2) is 18.2 Å². The van der Waals surface area contributed by atoms with Crippen molar-refractivity contribution in [3.63, 3.8) is 0 Å². The molecule has 3 rings (SSSR count). The summed E-state index contributed by atoms with van der Waals surface area (Å²) in [5.41, 5.74) is 2.52. The van der Waals surface area contributed by atoms with Gasteiger partial charge in [-0.05, 0) is 25.2 Å². The number of nitrogens with one attached hydrogen (secondary N) is 1. The summed E-state index contributed by atoms with van der Waals surface area (Å²) >= 11 is 0. The van der Waals surface area contributed by atoms with E-state index < -0.39 is 0 Å². The number of nitriles is 1. The Balaban J connectivity index is 1.91. The fraction of sp³-hybridized carbons (Fsp3) is 0.385. The van der Waals surface area contributed by atoms with Gasteiger partial charge in [0.2, 0.25) is 5.95 Å². The van der Waals surface area contributed by atoms with E-state index in [1.54, 1.807) is 6.07 Å². The van der Waals surface area contributed by atoms with Crippen molar-refractivity contribution in [1.82, 2.24) is 14.9 Å². The van der Waals surface area contributed by atoms with Crippen LogP contribution in [0.4, 0.5) is 5.95 Å². The van der Waals surface area contributed by atoms with Gasteiger partial charge in [-0.1, -0.05) is 0 Å². The highest BCUT2D eigenvalue weighted by Crippen LogP contribution is 2.19. The van der Waals surface area contributed by atoms with E-state index >= 15 is 0 Å². The monoisotopic (exact) mass is 241 g/mol. The molecule has 0 spiro atoms. The van der Waals surface area contributed by atoms with Gasteiger partial charge in [0.05, 0.1) is 22.7 Å². The second kappa shape index (κ2) is 4.31. The Morgan fingerprint density at radius 1 is 1.28 bits per heavy atom. The highest BCUT2D eigenvalue weighted by Gasteiger charge is 2.17. The number of piperazine rings is 1. The summed E-state index contributed by atoms with van der Waals surface area (Å²) in [7, 11) is 2.13.